The van der Waals surface area contributed by atoms with Crippen LogP contribution >= 0.6 is 11.6 Å². The van der Waals surface area contributed by atoms with E-state index in [0.29, 0.717) is 28.5 Å². The second kappa shape index (κ2) is 7.02. The van der Waals surface area contributed by atoms with Gasteiger partial charge < -0.3 is 14.8 Å². The van der Waals surface area contributed by atoms with Crippen molar-refractivity contribution in [3.8, 4) is 5.75 Å². The van der Waals surface area contributed by atoms with Gasteiger partial charge in [-0.1, -0.05) is 11.6 Å². The minimum absolute atomic E-state index is 0.0316. The van der Waals surface area contributed by atoms with Gasteiger partial charge in [-0.2, -0.15) is 0 Å². The van der Waals surface area contributed by atoms with Gasteiger partial charge in [-0.05, 0) is 36.8 Å². The molecule has 2 aliphatic rings. The first-order valence-corrected chi connectivity index (χ1v) is 9.08. The maximum Gasteiger partial charge on any atom is 0.325 e. The molecule has 0 bridgehead atoms. The summed E-state index contributed by atoms with van der Waals surface area (Å²) in [6.07, 6.45) is 0. The fraction of sp³-hybridized carbons (Fsp3) is 0.263. The summed E-state index contributed by atoms with van der Waals surface area (Å²) in [4.78, 5) is 37.1. The molecule has 4 rings (SSSR count). The molecule has 2 aromatic carbocycles. The maximum atomic E-state index is 13.1. The van der Waals surface area contributed by atoms with E-state index in [1.54, 1.807) is 19.1 Å². The fourth-order valence-electron chi connectivity index (χ4n) is 3.50. The van der Waals surface area contributed by atoms with Gasteiger partial charge in [0.05, 0.1) is 18.1 Å². The Kier molecular flexibility index (Phi) is 4.64. The van der Waals surface area contributed by atoms with Crippen molar-refractivity contribution in [1.82, 2.24) is 10.2 Å². The number of nitro groups is 1. The van der Waals surface area contributed by atoms with Crippen molar-refractivity contribution in [2.45, 2.75) is 25.6 Å². The molecule has 1 unspecified atom stereocenters. The predicted octanol–water partition coefficient (Wildman–Crippen LogP) is 3.08. The number of non-ortho nitro benzene ring substituents is 1. The lowest BCUT2D eigenvalue weighted by atomic mass is 9.92. The molecule has 0 saturated carbocycles. The van der Waals surface area contributed by atoms with Crippen LogP contribution in [0.4, 0.5) is 10.5 Å². The number of fused-ring (bicyclic) bond motifs is 1. The van der Waals surface area contributed by atoms with Crippen molar-refractivity contribution in [1.29, 1.82) is 0 Å². The zero-order valence-corrected chi connectivity index (χ0v) is 16.1. The van der Waals surface area contributed by atoms with Crippen LogP contribution in [0.2, 0.25) is 5.02 Å². The number of carbonyl (C=O) groups is 2. The van der Waals surface area contributed by atoms with E-state index in [0.717, 1.165) is 10.5 Å². The molecule has 0 aliphatic carbocycles. The number of ether oxygens (including phenoxy) is 2. The van der Waals surface area contributed by atoms with E-state index >= 15 is 0 Å². The Morgan fingerprint density at radius 3 is 2.69 bits per heavy atom. The lowest BCUT2D eigenvalue weighted by molar-refractivity contribution is -0.384. The van der Waals surface area contributed by atoms with Gasteiger partial charge in [-0.25, -0.2) is 4.79 Å². The number of hydrogen-bond donors (Lipinski definition) is 1. The van der Waals surface area contributed by atoms with Crippen LogP contribution in [0.1, 0.15) is 23.6 Å². The van der Waals surface area contributed by atoms with E-state index in [1.807, 2.05) is 0 Å². The summed E-state index contributed by atoms with van der Waals surface area (Å²) in [5, 5.41) is 14.0. The van der Waals surface area contributed by atoms with E-state index in [1.165, 1.54) is 24.3 Å². The molecule has 1 N–H and O–H groups in total. The third-order valence-electron chi connectivity index (χ3n) is 5.01. The Bertz CT molecular complexity index is 1030. The molecule has 3 amide bonds. The third-order valence-corrected chi connectivity index (χ3v) is 5.23. The molecular formula is C19H16ClN3O6. The number of nitrogens with one attached hydrogen (secondary N) is 1. The molecule has 0 radical (unpaired) electrons. The molecule has 2 aromatic rings. The first-order chi connectivity index (χ1) is 13.8. The van der Waals surface area contributed by atoms with E-state index in [-0.39, 0.29) is 19.0 Å². The number of nitro benzene ring substituents is 1. The van der Waals surface area contributed by atoms with Crippen LogP contribution in [0.15, 0.2) is 36.4 Å². The zero-order chi connectivity index (χ0) is 20.8. The molecule has 2 aliphatic heterocycles. The van der Waals surface area contributed by atoms with E-state index < -0.39 is 22.4 Å². The van der Waals surface area contributed by atoms with Crippen molar-refractivity contribution in [3.05, 3.63) is 68.2 Å². The van der Waals surface area contributed by atoms with E-state index in [4.69, 9.17) is 21.1 Å². The van der Waals surface area contributed by atoms with Crippen molar-refractivity contribution < 1.29 is 24.0 Å². The SMILES string of the molecule is CC1(c2ccc([N+](=O)[O-])cc2)NC(=O)N(Cc2cc(Cl)cc3c2OCOC3)C1=O. The van der Waals surface area contributed by atoms with Crippen molar-refractivity contribution in [2.24, 2.45) is 0 Å². The normalized spacial score (nSPS) is 20.8. The molecule has 10 heteroatoms. The number of halogens is 1. The number of benzene rings is 2. The molecule has 1 atom stereocenters. The Hall–Kier alpha value is -3.17. The van der Waals surface area contributed by atoms with Crippen molar-refractivity contribution in [2.75, 3.05) is 6.79 Å². The van der Waals surface area contributed by atoms with Gasteiger partial charge in [0.1, 0.15) is 11.3 Å². The summed E-state index contributed by atoms with van der Waals surface area (Å²) in [5.74, 6) is 0.0716. The summed E-state index contributed by atoms with van der Waals surface area (Å²) in [6, 6.07) is 8.30. The number of nitrogens with zero attached hydrogens (tertiary/aromatic N) is 2. The third kappa shape index (κ3) is 3.28. The summed E-state index contributed by atoms with van der Waals surface area (Å²) in [5.41, 5.74) is 0.336. The summed E-state index contributed by atoms with van der Waals surface area (Å²) in [6.45, 7) is 1.92. The van der Waals surface area contributed by atoms with Gasteiger partial charge >= 0.3 is 6.03 Å². The van der Waals surface area contributed by atoms with Gasteiger partial charge in [-0.15, -0.1) is 0 Å². The lowest BCUT2D eigenvalue weighted by Crippen LogP contribution is -2.40. The van der Waals surface area contributed by atoms with Crippen LogP contribution in [-0.2, 0) is 28.2 Å². The Labute approximate surface area is 170 Å². The quantitative estimate of drug-likeness (QED) is 0.465. The lowest BCUT2D eigenvalue weighted by Gasteiger charge is -2.24. The summed E-state index contributed by atoms with van der Waals surface area (Å²) in [7, 11) is 0. The average molecular weight is 418 g/mol. The molecule has 29 heavy (non-hydrogen) atoms. The Morgan fingerprint density at radius 1 is 1.28 bits per heavy atom. The van der Waals surface area contributed by atoms with Gasteiger partial charge in [-0.3, -0.25) is 19.8 Å². The first kappa shape index (κ1) is 19.2. The Morgan fingerprint density at radius 2 is 2.00 bits per heavy atom. The highest BCUT2D eigenvalue weighted by Gasteiger charge is 2.49. The molecule has 1 fully saturated rings. The number of urea groups is 1. The number of amides is 3. The van der Waals surface area contributed by atoms with Crippen LogP contribution in [-0.4, -0.2) is 28.6 Å². The molecule has 2 heterocycles. The minimum Gasteiger partial charge on any atom is -0.467 e. The first-order valence-electron chi connectivity index (χ1n) is 8.70. The summed E-state index contributed by atoms with van der Waals surface area (Å²) < 4.78 is 10.8. The highest BCUT2D eigenvalue weighted by Crippen LogP contribution is 2.35. The second-order valence-corrected chi connectivity index (χ2v) is 7.35. The molecule has 1 saturated heterocycles. The van der Waals surface area contributed by atoms with Crippen LogP contribution in [0.3, 0.4) is 0 Å². The van der Waals surface area contributed by atoms with Gasteiger partial charge in [0.25, 0.3) is 11.6 Å². The highest BCUT2D eigenvalue weighted by atomic mass is 35.5. The monoisotopic (exact) mass is 417 g/mol. The average Bonchev–Trinajstić information content (AvgIpc) is 2.92. The van der Waals surface area contributed by atoms with Crippen molar-refractivity contribution in [3.63, 3.8) is 0 Å². The summed E-state index contributed by atoms with van der Waals surface area (Å²) >= 11 is 6.16. The fourth-order valence-corrected chi connectivity index (χ4v) is 3.76. The van der Waals surface area contributed by atoms with Gasteiger partial charge in [0, 0.05) is 28.3 Å². The molecule has 9 nitrogen and oxygen atoms in total. The van der Waals surface area contributed by atoms with E-state index in [2.05, 4.69) is 5.32 Å². The van der Waals surface area contributed by atoms with Crippen LogP contribution in [0.25, 0.3) is 0 Å². The maximum absolute atomic E-state index is 13.1. The Balaban J connectivity index is 1.64. The number of carbonyl (C=O) groups excluding carboxylic acids is 2. The molecule has 150 valence electrons. The van der Waals surface area contributed by atoms with Crippen LogP contribution in [0, 0.1) is 10.1 Å². The smallest absolute Gasteiger partial charge is 0.325 e. The van der Waals surface area contributed by atoms with Gasteiger partial charge in [0.15, 0.2) is 6.79 Å². The predicted molar refractivity (Wildman–Crippen MR) is 101 cm³/mol. The minimum atomic E-state index is -1.34. The zero-order valence-electron chi connectivity index (χ0n) is 15.3. The second-order valence-electron chi connectivity index (χ2n) is 6.91. The van der Waals surface area contributed by atoms with Crippen LogP contribution < -0.4 is 10.1 Å². The van der Waals surface area contributed by atoms with Gasteiger partial charge in [0.2, 0.25) is 0 Å². The van der Waals surface area contributed by atoms with Crippen molar-refractivity contribution >= 4 is 29.2 Å². The largest absolute Gasteiger partial charge is 0.467 e. The molecule has 0 aromatic heterocycles. The topological polar surface area (TPSA) is 111 Å². The molecular weight excluding hydrogens is 402 g/mol. The highest BCUT2D eigenvalue weighted by molar-refractivity contribution is 6.30. The van der Waals surface area contributed by atoms with Crippen LogP contribution in [0.5, 0.6) is 5.75 Å². The molecule has 0 spiro atoms. The number of imide groups is 1. The number of hydrogen-bond acceptors (Lipinski definition) is 6. The standard InChI is InChI=1S/C19H16ClN3O6/c1-19(13-2-4-15(5-3-13)23(26)27)17(24)22(18(25)21-19)8-11-6-14(20)7-12-9-28-10-29-16(11)12/h2-7H,8-10H2,1H3,(H,21,25). The van der Waals surface area contributed by atoms with E-state index in [9.17, 15) is 19.7 Å². The number of rotatable bonds is 4.